The molecule has 0 spiro atoms. The SMILES string of the molecule is O=C1[C@@H](NCCc2ccccc2F)CCN1c1ccc(S(=O)(=O)Nc2nccs2)cc1. The molecule has 1 atom stereocenters. The summed E-state index contributed by atoms with van der Waals surface area (Å²) in [5.74, 6) is -0.326. The predicted octanol–water partition coefficient (Wildman–Crippen LogP) is 3.02. The zero-order valence-corrected chi connectivity index (χ0v) is 18.1. The summed E-state index contributed by atoms with van der Waals surface area (Å²) in [6, 6.07) is 12.4. The summed E-state index contributed by atoms with van der Waals surface area (Å²) in [5, 5.41) is 5.17. The Bertz CT molecular complexity index is 1150. The first kappa shape index (κ1) is 21.4. The molecule has 1 fully saturated rings. The second kappa shape index (κ2) is 9.13. The molecule has 3 aromatic rings. The summed E-state index contributed by atoms with van der Waals surface area (Å²) < 4.78 is 41.0. The number of aromatic nitrogens is 1. The molecule has 0 aliphatic carbocycles. The average Bonchev–Trinajstić information content (AvgIpc) is 3.39. The molecular formula is C21H21FN4O3S2. The number of hydrogen-bond acceptors (Lipinski definition) is 6. The topological polar surface area (TPSA) is 91.4 Å². The van der Waals surface area contributed by atoms with E-state index < -0.39 is 10.0 Å². The Morgan fingerprint density at radius 2 is 1.94 bits per heavy atom. The molecule has 1 amide bonds. The molecule has 2 N–H and O–H groups in total. The van der Waals surface area contributed by atoms with Gasteiger partial charge in [-0.25, -0.2) is 17.8 Å². The van der Waals surface area contributed by atoms with Crippen molar-refractivity contribution < 1.29 is 17.6 Å². The lowest BCUT2D eigenvalue weighted by Crippen LogP contribution is -2.39. The van der Waals surface area contributed by atoms with Gasteiger partial charge in [0.05, 0.1) is 10.9 Å². The second-order valence-corrected chi connectivity index (χ2v) is 9.64. The minimum Gasteiger partial charge on any atom is -0.311 e. The first-order valence-corrected chi connectivity index (χ1v) is 12.1. The number of rotatable bonds is 8. The number of nitrogens with zero attached hydrogens (tertiary/aromatic N) is 2. The van der Waals surface area contributed by atoms with Crippen molar-refractivity contribution >= 4 is 38.1 Å². The highest BCUT2D eigenvalue weighted by molar-refractivity contribution is 7.93. The van der Waals surface area contributed by atoms with Crippen molar-refractivity contribution in [2.24, 2.45) is 0 Å². The third-order valence-electron chi connectivity index (χ3n) is 5.06. The lowest BCUT2D eigenvalue weighted by molar-refractivity contribution is -0.118. The Morgan fingerprint density at radius 3 is 2.65 bits per heavy atom. The molecule has 2 aromatic carbocycles. The number of carbonyl (C=O) groups is 1. The zero-order valence-electron chi connectivity index (χ0n) is 16.5. The summed E-state index contributed by atoms with van der Waals surface area (Å²) in [5.41, 5.74) is 1.25. The van der Waals surface area contributed by atoms with Gasteiger partial charge in [0.1, 0.15) is 5.82 Å². The van der Waals surface area contributed by atoms with E-state index in [4.69, 9.17) is 0 Å². The van der Waals surface area contributed by atoms with Crippen molar-refractivity contribution in [3.05, 3.63) is 71.5 Å². The molecule has 1 aliphatic heterocycles. The Balaban J connectivity index is 1.35. The van der Waals surface area contributed by atoms with Crippen LogP contribution in [0.1, 0.15) is 12.0 Å². The van der Waals surface area contributed by atoms with Gasteiger partial charge >= 0.3 is 0 Å². The van der Waals surface area contributed by atoms with Crippen LogP contribution in [0.3, 0.4) is 0 Å². The maximum Gasteiger partial charge on any atom is 0.263 e. The van der Waals surface area contributed by atoms with Gasteiger partial charge in [0.2, 0.25) is 5.91 Å². The van der Waals surface area contributed by atoms with E-state index in [9.17, 15) is 17.6 Å². The minimum absolute atomic E-state index is 0.0787. The Kier molecular flexibility index (Phi) is 6.30. The van der Waals surface area contributed by atoms with Crippen LogP contribution < -0.4 is 14.9 Å². The van der Waals surface area contributed by atoms with E-state index in [1.165, 1.54) is 35.7 Å². The number of nitrogens with one attached hydrogen (secondary N) is 2. The highest BCUT2D eigenvalue weighted by Gasteiger charge is 2.32. The van der Waals surface area contributed by atoms with Gasteiger partial charge in [-0.05, 0) is 48.7 Å². The van der Waals surface area contributed by atoms with Crippen LogP contribution in [0.5, 0.6) is 0 Å². The van der Waals surface area contributed by atoms with Crippen molar-refractivity contribution in [3.63, 3.8) is 0 Å². The molecule has 1 aliphatic rings. The standard InChI is InChI=1S/C21H21FN4O3S2/c22-18-4-2-1-3-15(18)9-11-23-19-10-13-26(20(19)27)16-5-7-17(8-6-16)31(28,29)25-21-24-12-14-30-21/h1-8,12,14,19,23H,9-11,13H2,(H,24,25)/t19-/m0/s1. The largest absolute Gasteiger partial charge is 0.311 e. The van der Waals surface area contributed by atoms with E-state index in [1.54, 1.807) is 40.6 Å². The van der Waals surface area contributed by atoms with Crippen LogP contribution in [0.15, 0.2) is 65.0 Å². The lowest BCUT2D eigenvalue weighted by atomic mass is 10.1. The van der Waals surface area contributed by atoms with Gasteiger partial charge in [0, 0.05) is 30.4 Å². The van der Waals surface area contributed by atoms with Gasteiger partial charge in [-0.2, -0.15) is 0 Å². The van der Waals surface area contributed by atoms with Crippen LogP contribution in [0.4, 0.5) is 15.2 Å². The predicted molar refractivity (Wildman–Crippen MR) is 118 cm³/mol. The van der Waals surface area contributed by atoms with Crippen LogP contribution in [-0.4, -0.2) is 38.4 Å². The van der Waals surface area contributed by atoms with Crippen LogP contribution in [0.25, 0.3) is 0 Å². The third kappa shape index (κ3) is 4.92. The highest BCUT2D eigenvalue weighted by atomic mass is 32.2. The number of halogens is 1. The van der Waals surface area contributed by atoms with Crippen LogP contribution in [0.2, 0.25) is 0 Å². The summed E-state index contributed by atoms with van der Waals surface area (Å²) in [4.78, 5) is 18.4. The average molecular weight is 461 g/mol. The molecule has 0 bridgehead atoms. The molecule has 2 heterocycles. The van der Waals surface area contributed by atoms with E-state index >= 15 is 0 Å². The van der Waals surface area contributed by atoms with E-state index in [0.29, 0.717) is 42.3 Å². The molecule has 1 saturated heterocycles. The molecule has 7 nitrogen and oxygen atoms in total. The third-order valence-corrected chi connectivity index (χ3v) is 7.23. The Labute approximate surface area is 184 Å². The minimum atomic E-state index is -3.74. The quantitative estimate of drug-likeness (QED) is 0.539. The van der Waals surface area contributed by atoms with Gasteiger partial charge in [-0.15, -0.1) is 11.3 Å². The smallest absolute Gasteiger partial charge is 0.263 e. The van der Waals surface area contributed by atoms with Gasteiger partial charge < -0.3 is 10.2 Å². The fourth-order valence-corrected chi connectivity index (χ4v) is 5.25. The number of sulfonamides is 1. The fraction of sp³-hybridized carbons (Fsp3) is 0.238. The molecular weight excluding hydrogens is 439 g/mol. The van der Waals surface area contributed by atoms with Gasteiger partial charge in [-0.3, -0.25) is 9.52 Å². The molecule has 1 aromatic heterocycles. The fourth-order valence-electron chi connectivity index (χ4n) is 3.46. The van der Waals surface area contributed by atoms with Crippen LogP contribution >= 0.6 is 11.3 Å². The zero-order chi connectivity index (χ0) is 21.8. The normalized spacial score (nSPS) is 16.6. The molecule has 0 saturated carbocycles. The van der Waals surface area contributed by atoms with Gasteiger partial charge in [0.25, 0.3) is 10.0 Å². The maximum atomic E-state index is 13.7. The van der Waals surface area contributed by atoms with Crippen molar-refractivity contribution in [3.8, 4) is 0 Å². The molecule has 0 unspecified atom stereocenters. The summed E-state index contributed by atoms with van der Waals surface area (Å²) >= 11 is 1.19. The number of carbonyl (C=O) groups excluding carboxylic acids is 1. The summed E-state index contributed by atoms with van der Waals surface area (Å²) in [6.45, 7) is 1.02. The van der Waals surface area contributed by atoms with Crippen molar-refractivity contribution in [2.75, 3.05) is 22.7 Å². The van der Waals surface area contributed by atoms with Crippen LogP contribution in [0, 0.1) is 5.82 Å². The van der Waals surface area contributed by atoms with Gasteiger partial charge in [-0.1, -0.05) is 18.2 Å². The summed E-state index contributed by atoms with van der Waals surface area (Å²) in [7, 11) is -3.74. The molecule has 31 heavy (non-hydrogen) atoms. The molecule has 4 rings (SSSR count). The van der Waals surface area contributed by atoms with E-state index in [2.05, 4.69) is 15.0 Å². The number of hydrogen-bond donors (Lipinski definition) is 2. The number of amides is 1. The van der Waals surface area contributed by atoms with Crippen molar-refractivity contribution in [1.82, 2.24) is 10.3 Å². The lowest BCUT2D eigenvalue weighted by Gasteiger charge is -2.18. The number of thiazole rings is 1. The Hall–Kier alpha value is -2.82. The molecule has 0 radical (unpaired) electrons. The van der Waals surface area contributed by atoms with Crippen LogP contribution in [-0.2, 0) is 21.2 Å². The molecule has 162 valence electrons. The Morgan fingerprint density at radius 1 is 1.16 bits per heavy atom. The van der Waals surface area contributed by atoms with Crippen molar-refractivity contribution in [1.29, 1.82) is 0 Å². The highest BCUT2D eigenvalue weighted by Crippen LogP contribution is 2.25. The number of anilines is 2. The van der Waals surface area contributed by atoms with E-state index in [0.717, 1.165) is 0 Å². The first-order valence-electron chi connectivity index (χ1n) is 9.74. The first-order chi connectivity index (χ1) is 14.9. The maximum absolute atomic E-state index is 13.7. The van der Waals surface area contributed by atoms with Gasteiger partial charge in [0.15, 0.2) is 5.13 Å². The monoisotopic (exact) mass is 460 g/mol. The van der Waals surface area contributed by atoms with E-state index in [1.807, 2.05) is 0 Å². The molecule has 10 heteroatoms. The summed E-state index contributed by atoms with van der Waals surface area (Å²) in [6.07, 6.45) is 2.64. The second-order valence-electron chi connectivity index (χ2n) is 7.06. The van der Waals surface area contributed by atoms with E-state index in [-0.39, 0.29) is 22.7 Å². The van der Waals surface area contributed by atoms with Crippen molar-refractivity contribution in [2.45, 2.75) is 23.8 Å². The number of benzene rings is 2.